The molecule has 1 spiro atoms. The lowest BCUT2D eigenvalue weighted by molar-refractivity contribution is 0.659. The lowest BCUT2D eigenvalue weighted by Crippen LogP contribution is -2.36. The van der Waals surface area contributed by atoms with E-state index in [0.29, 0.717) is 0 Å². The van der Waals surface area contributed by atoms with Crippen molar-refractivity contribution in [2.75, 3.05) is 5.32 Å². The van der Waals surface area contributed by atoms with Gasteiger partial charge in [0.25, 0.3) is 0 Å². The number of rotatable bonds is 0. The van der Waals surface area contributed by atoms with Crippen LogP contribution in [-0.4, -0.2) is 0 Å². The molecule has 1 nitrogen and oxygen atoms in total. The van der Waals surface area contributed by atoms with E-state index in [-0.39, 0.29) is 10.8 Å². The summed E-state index contributed by atoms with van der Waals surface area (Å²) in [6.45, 7) is 4.74. The second kappa shape index (κ2) is 7.23. The molecule has 0 unspecified atom stereocenters. The highest BCUT2D eigenvalue weighted by molar-refractivity contribution is 5.90. The normalized spacial score (nSPS) is 16.8. The van der Waals surface area contributed by atoms with Crippen molar-refractivity contribution in [3.8, 4) is 11.1 Å². The van der Waals surface area contributed by atoms with Gasteiger partial charge in [0.1, 0.15) is 0 Å². The fourth-order valence-electron chi connectivity index (χ4n) is 7.57. The third-order valence-corrected chi connectivity index (χ3v) is 9.23. The van der Waals surface area contributed by atoms with Crippen LogP contribution in [0, 0.1) is 0 Å². The largest absolute Gasteiger partial charge is 0.355 e. The summed E-state index contributed by atoms with van der Waals surface area (Å²) in [4.78, 5) is 0. The molecule has 5 aromatic carbocycles. The fraction of sp³-hybridized carbons (Fsp3) is 0.167. The lowest BCUT2D eigenvalue weighted by Gasteiger charge is -2.44. The molecule has 1 aliphatic heterocycles. The van der Waals surface area contributed by atoms with E-state index in [4.69, 9.17) is 0 Å². The Morgan fingerprint density at radius 3 is 1.76 bits per heavy atom. The molecule has 178 valence electrons. The highest BCUT2D eigenvalue weighted by atomic mass is 14.9. The van der Waals surface area contributed by atoms with E-state index in [1.165, 1.54) is 67.0 Å². The molecule has 1 heteroatoms. The van der Waals surface area contributed by atoms with Gasteiger partial charge < -0.3 is 5.32 Å². The predicted molar refractivity (Wildman–Crippen MR) is 153 cm³/mol. The summed E-state index contributed by atoms with van der Waals surface area (Å²) in [5, 5.41) is 3.89. The van der Waals surface area contributed by atoms with Crippen molar-refractivity contribution in [1.82, 2.24) is 0 Å². The van der Waals surface area contributed by atoms with Crippen LogP contribution < -0.4 is 5.32 Å². The van der Waals surface area contributed by atoms with E-state index in [1.807, 2.05) is 0 Å². The molecule has 0 radical (unpaired) electrons. The summed E-state index contributed by atoms with van der Waals surface area (Å²) in [6, 6.07) is 41.2. The van der Waals surface area contributed by atoms with Gasteiger partial charge in [0.2, 0.25) is 0 Å². The summed E-state index contributed by atoms with van der Waals surface area (Å²) in [5.41, 5.74) is 16.0. The van der Waals surface area contributed by atoms with Gasteiger partial charge in [-0.05, 0) is 86.7 Å². The van der Waals surface area contributed by atoms with Gasteiger partial charge >= 0.3 is 0 Å². The Morgan fingerprint density at radius 2 is 1.05 bits per heavy atom. The molecule has 3 aliphatic rings. The minimum absolute atomic E-state index is 0.0357. The van der Waals surface area contributed by atoms with Gasteiger partial charge in [-0.25, -0.2) is 0 Å². The van der Waals surface area contributed by atoms with E-state index < -0.39 is 0 Å². The number of fused-ring (bicyclic) bond motifs is 11. The first-order valence-corrected chi connectivity index (χ1v) is 13.4. The number of para-hydroxylation sites is 1. The Morgan fingerprint density at radius 1 is 0.486 bits per heavy atom. The Kier molecular flexibility index (Phi) is 4.11. The van der Waals surface area contributed by atoms with Crippen molar-refractivity contribution in [3.63, 3.8) is 0 Å². The van der Waals surface area contributed by atoms with Crippen molar-refractivity contribution < 1.29 is 0 Å². The zero-order chi connectivity index (χ0) is 24.8. The van der Waals surface area contributed by atoms with Gasteiger partial charge in [-0.15, -0.1) is 0 Å². The second-order valence-electron chi connectivity index (χ2n) is 11.3. The first kappa shape index (κ1) is 21.0. The maximum atomic E-state index is 3.89. The number of benzene rings is 5. The number of nitrogens with one attached hydrogen (secondary N) is 1. The van der Waals surface area contributed by atoms with Crippen molar-refractivity contribution in [1.29, 1.82) is 0 Å². The molecule has 8 rings (SSSR count). The summed E-state index contributed by atoms with van der Waals surface area (Å²) < 4.78 is 0. The summed E-state index contributed by atoms with van der Waals surface area (Å²) in [7, 11) is 0. The Bertz CT molecular complexity index is 1690. The molecular weight excluding hydrogens is 446 g/mol. The maximum Gasteiger partial charge on any atom is 0.0747 e. The van der Waals surface area contributed by atoms with Gasteiger partial charge in [0, 0.05) is 16.8 Å². The second-order valence-corrected chi connectivity index (χ2v) is 11.3. The minimum Gasteiger partial charge on any atom is -0.355 e. The Labute approximate surface area is 218 Å². The maximum absolute atomic E-state index is 3.89. The van der Waals surface area contributed by atoms with Crippen LogP contribution in [0.5, 0.6) is 0 Å². The van der Waals surface area contributed by atoms with Crippen LogP contribution in [0.1, 0.15) is 58.4 Å². The summed E-state index contributed by atoms with van der Waals surface area (Å²) >= 11 is 0. The highest BCUT2D eigenvalue weighted by Crippen LogP contribution is 2.59. The Balaban J connectivity index is 1.57. The van der Waals surface area contributed by atoms with Gasteiger partial charge in [0.15, 0.2) is 0 Å². The van der Waals surface area contributed by atoms with Gasteiger partial charge in [-0.3, -0.25) is 0 Å². The zero-order valence-corrected chi connectivity index (χ0v) is 21.3. The molecule has 0 saturated carbocycles. The van der Waals surface area contributed by atoms with Gasteiger partial charge in [-0.1, -0.05) is 105 Å². The number of aryl methyl sites for hydroxylation is 2. The van der Waals surface area contributed by atoms with Crippen LogP contribution in [0.4, 0.5) is 11.4 Å². The fourth-order valence-corrected chi connectivity index (χ4v) is 7.57. The third-order valence-electron chi connectivity index (χ3n) is 9.23. The van der Waals surface area contributed by atoms with E-state index in [0.717, 1.165) is 12.8 Å². The Hall–Kier alpha value is -4.10. The van der Waals surface area contributed by atoms with Crippen molar-refractivity contribution in [3.05, 3.63) is 154 Å². The number of anilines is 2. The lowest BCUT2D eigenvalue weighted by atomic mass is 9.61. The van der Waals surface area contributed by atoms with Crippen LogP contribution in [0.2, 0.25) is 0 Å². The first-order chi connectivity index (χ1) is 18.1. The van der Waals surface area contributed by atoms with Crippen LogP contribution >= 0.6 is 0 Å². The van der Waals surface area contributed by atoms with Crippen LogP contribution in [0.3, 0.4) is 0 Å². The van der Waals surface area contributed by atoms with Crippen molar-refractivity contribution in [2.24, 2.45) is 0 Å². The third kappa shape index (κ3) is 2.59. The topological polar surface area (TPSA) is 12.0 Å². The standard InChI is InChI=1S/C36H29N/c1-35(2)29-16-8-5-13-25(29)26-21-32-34(22-31(26)35)37-33-18-10-9-17-30(33)36(32)27-14-6-3-11-23(27)19-20-24-12-4-7-15-28(24)36/h3-18,21-22,37H,19-20H2,1-2H3. The molecule has 1 N–H and O–H groups in total. The molecule has 0 amide bonds. The van der Waals surface area contributed by atoms with Crippen molar-refractivity contribution >= 4 is 11.4 Å². The molecule has 0 atom stereocenters. The highest BCUT2D eigenvalue weighted by Gasteiger charge is 2.48. The molecule has 0 aromatic heterocycles. The summed E-state index contributed by atoms with van der Waals surface area (Å²) in [6.07, 6.45) is 2.11. The van der Waals surface area contributed by atoms with Crippen LogP contribution in [0.15, 0.2) is 109 Å². The molecule has 37 heavy (non-hydrogen) atoms. The van der Waals surface area contributed by atoms with E-state index >= 15 is 0 Å². The van der Waals surface area contributed by atoms with E-state index in [2.05, 4.69) is 128 Å². The average Bonchev–Trinajstić information content (AvgIpc) is 3.06. The molecular formula is C36H29N. The number of hydrogen-bond acceptors (Lipinski definition) is 1. The smallest absolute Gasteiger partial charge is 0.0747 e. The molecule has 2 aliphatic carbocycles. The first-order valence-electron chi connectivity index (χ1n) is 13.4. The van der Waals surface area contributed by atoms with Crippen molar-refractivity contribution in [2.45, 2.75) is 37.5 Å². The van der Waals surface area contributed by atoms with Crippen LogP contribution in [0.25, 0.3) is 11.1 Å². The van der Waals surface area contributed by atoms with E-state index in [1.54, 1.807) is 0 Å². The summed E-state index contributed by atoms with van der Waals surface area (Å²) in [5.74, 6) is 0. The van der Waals surface area contributed by atoms with Gasteiger partial charge in [-0.2, -0.15) is 0 Å². The molecule has 1 heterocycles. The van der Waals surface area contributed by atoms with E-state index in [9.17, 15) is 0 Å². The zero-order valence-electron chi connectivity index (χ0n) is 21.3. The SMILES string of the molecule is CC1(C)c2ccccc2-c2cc3c(cc21)Nc1ccccc1C31c2ccccc2CCc2ccccc21. The quantitative estimate of drug-likeness (QED) is 0.232. The minimum atomic E-state index is -0.377. The predicted octanol–water partition coefficient (Wildman–Crippen LogP) is 8.53. The molecule has 0 bridgehead atoms. The monoisotopic (exact) mass is 475 g/mol. The molecule has 5 aromatic rings. The van der Waals surface area contributed by atoms with Crippen LogP contribution in [-0.2, 0) is 23.7 Å². The molecule has 0 fully saturated rings. The number of hydrogen-bond donors (Lipinski definition) is 1. The average molecular weight is 476 g/mol. The molecule has 0 saturated heterocycles. The van der Waals surface area contributed by atoms with Gasteiger partial charge in [0.05, 0.1) is 5.41 Å².